The van der Waals surface area contributed by atoms with Gasteiger partial charge in [0.2, 0.25) is 6.54 Å². The van der Waals surface area contributed by atoms with Crippen LogP contribution in [0.3, 0.4) is 0 Å². The molecule has 1 amide bonds. The minimum Gasteiger partial charge on any atom is -0.320 e. The molecule has 0 radical (unpaired) electrons. The van der Waals surface area contributed by atoms with E-state index < -0.39 is 0 Å². The van der Waals surface area contributed by atoms with Crippen LogP contribution in [-0.4, -0.2) is 5.91 Å². The summed E-state index contributed by atoms with van der Waals surface area (Å²) in [5, 5.41) is 3.00. The summed E-state index contributed by atoms with van der Waals surface area (Å²) in [7, 11) is 0. The number of aromatic nitrogens is 1. The molecule has 0 aliphatic carbocycles. The van der Waals surface area contributed by atoms with Gasteiger partial charge in [-0.3, -0.25) is 4.79 Å². The van der Waals surface area contributed by atoms with E-state index in [0.717, 1.165) is 11.3 Å². The lowest BCUT2D eigenvalue weighted by Gasteiger charge is -2.12. The molecule has 0 bridgehead atoms. The molecule has 112 valence electrons. The monoisotopic (exact) mass is 397 g/mol. The van der Waals surface area contributed by atoms with Gasteiger partial charge in [-0.05, 0) is 30.0 Å². The predicted molar refractivity (Wildman–Crippen MR) is 95.9 cm³/mol. The number of hydrogen-bond acceptors (Lipinski definition) is 1. The Morgan fingerprint density at radius 1 is 1.14 bits per heavy atom. The second-order valence-electron chi connectivity index (χ2n) is 5.34. The van der Waals surface area contributed by atoms with Gasteiger partial charge in [-0.1, -0.05) is 32.0 Å². The maximum Gasteiger partial charge on any atom is 0.290 e. The van der Waals surface area contributed by atoms with Crippen LogP contribution in [-0.2, 0) is 11.3 Å². The van der Waals surface area contributed by atoms with Crippen LogP contribution in [0.25, 0.3) is 0 Å². The SMILES string of the molecule is Cc1cc[n+](CC(=O)Nc2ccccc2C(C)C)cc1.I. The number of nitrogens with one attached hydrogen (secondary N) is 1. The van der Waals surface area contributed by atoms with Crippen LogP contribution in [0.2, 0.25) is 0 Å². The fraction of sp³-hybridized carbons (Fsp3) is 0.294. The van der Waals surface area contributed by atoms with Crippen LogP contribution in [0.1, 0.15) is 30.9 Å². The van der Waals surface area contributed by atoms with E-state index in [9.17, 15) is 4.79 Å². The molecule has 0 saturated heterocycles. The highest BCUT2D eigenvalue weighted by atomic mass is 127. The number of aryl methyl sites for hydroxylation is 1. The number of rotatable bonds is 4. The Hall–Kier alpha value is -1.43. The number of benzene rings is 1. The maximum absolute atomic E-state index is 12.1. The molecule has 1 aromatic carbocycles. The molecule has 1 heterocycles. The van der Waals surface area contributed by atoms with Crippen molar-refractivity contribution in [3.05, 3.63) is 59.9 Å². The third-order valence-corrected chi connectivity index (χ3v) is 3.24. The first kappa shape index (κ1) is 17.6. The molecule has 3 nitrogen and oxygen atoms in total. The largest absolute Gasteiger partial charge is 0.320 e. The van der Waals surface area contributed by atoms with Crippen molar-refractivity contribution < 1.29 is 9.36 Å². The van der Waals surface area contributed by atoms with Crippen LogP contribution in [0.4, 0.5) is 5.69 Å². The summed E-state index contributed by atoms with van der Waals surface area (Å²) in [5.41, 5.74) is 3.25. The molecule has 0 saturated carbocycles. The Morgan fingerprint density at radius 3 is 2.38 bits per heavy atom. The maximum atomic E-state index is 12.1. The van der Waals surface area contributed by atoms with Crippen LogP contribution in [0.5, 0.6) is 0 Å². The lowest BCUT2D eigenvalue weighted by atomic mass is 10.0. The summed E-state index contributed by atoms with van der Waals surface area (Å²) in [6.45, 7) is 6.61. The van der Waals surface area contributed by atoms with Gasteiger partial charge in [-0.2, -0.15) is 4.57 Å². The van der Waals surface area contributed by atoms with E-state index in [1.54, 1.807) is 0 Å². The molecule has 2 aromatic rings. The number of anilines is 1. The molecule has 2 rings (SSSR count). The first-order valence-electron chi connectivity index (χ1n) is 6.91. The molecule has 0 aliphatic rings. The normalized spacial score (nSPS) is 10.1. The third-order valence-electron chi connectivity index (χ3n) is 3.24. The van der Waals surface area contributed by atoms with Gasteiger partial charge in [0.05, 0.1) is 0 Å². The van der Waals surface area contributed by atoms with Crippen LogP contribution in [0.15, 0.2) is 48.8 Å². The smallest absolute Gasteiger partial charge is 0.290 e. The van der Waals surface area contributed by atoms with Crippen molar-refractivity contribution in [3.63, 3.8) is 0 Å². The minimum atomic E-state index is -0.00745. The molecular formula is C17H22IN2O+. The number of nitrogens with zero attached hydrogens (tertiary/aromatic N) is 1. The molecule has 21 heavy (non-hydrogen) atoms. The second kappa shape index (κ2) is 8.12. The van der Waals surface area contributed by atoms with Crippen molar-refractivity contribution in [1.82, 2.24) is 0 Å². The minimum absolute atomic E-state index is 0. The zero-order chi connectivity index (χ0) is 14.5. The number of para-hydroxylation sites is 1. The van der Waals surface area contributed by atoms with E-state index in [2.05, 4.69) is 25.2 Å². The van der Waals surface area contributed by atoms with Gasteiger partial charge in [0, 0.05) is 17.8 Å². The Morgan fingerprint density at radius 2 is 1.76 bits per heavy atom. The van der Waals surface area contributed by atoms with Gasteiger partial charge in [0.15, 0.2) is 12.4 Å². The topological polar surface area (TPSA) is 33.0 Å². The van der Waals surface area contributed by atoms with Crippen LogP contribution < -0.4 is 9.88 Å². The third kappa shape index (κ3) is 5.12. The van der Waals surface area contributed by atoms with Crippen LogP contribution in [0, 0.1) is 6.92 Å². The predicted octanol–water partition coefficient (Wildman–Crippen LogP) is 3.66. The molecule has 4 heteroatoms. The highest BCUT2D eigenvalue weighted by Crippen LogP contribution is 2.23. The average molecular weight is 397 g/mol. The van der Waals surface area contributed by atoms with Gasteiger partial charge in [-0.15, -0.1) is 24.0 Å². The molecule has 0 unspecified atom stereocenters. The molecule has 0 atom stereocenters. The number of hydrogen-bond donors (Lipinski definition) is 1. The van der Waals surface area contributed by atoms with Crippen molar-refractivity contribution in [1.29, 1.82) is 0 Å². The summed E-state index contributed by atoms with van der Waals surface area (Å²) in [5.74, 6) is 0.380. The zero-order valence-electron chi connectivity index (χ0n) is 12.7. The first-order chi connectivity index (χ1) is 9.56. The van der Waals surface area contributed by atoms with Gasteiger partial charge >= 0.3 is 0 Å². The van der Waals surface area contributed by atoms with Gasteiger partial charge < -0.3 is 5.32 Å². The van der Waals surface area contributed by atoms with E-state index in [1.165, 1.54) is 5.56 Å². The van der Waals surface area contributed by atoms with Gasteiger partial charge in [0.1, 0.15) is 0 Å². The van der Waals surface area contributed by atoms with Crippen LogP contribution >= 0.6 is 24.0 Å². The molecule has 0 aliphatic heterocycles. The fourth-order valence-electron chi connectivity index (χ4n) is 2.11. The summed E-state index contributed by atoms with van der Waals surface area (Å²) in [6.07, 6.45) is 3.84. The van der Waals surface area contributed by atoms with Crippen molar-refractivity contribution in [2.45, 2.75) is 33.2 Å². The molecule has 1 aromatic heterocycles. The highest BCUT2D eigenvalue weighted by molar-refractivity contribution is 14.0. The molecule has 1 N–H and O–H groups in total. The average Bonchev–Trinajstić information content (AvgIpc) is 2.41. The molecule has 0 spiro atoms. The van der Waals surface area contributed by atoms with Crippen molar-refractivity contribution in [2.24, 2.45) is 0 Å². The van der Waals surface area contributed by atoms with Gasteiger partial charge in [-0.25, -0.2) is 0 Å². The van der Waals surface area contributed by atoms with Crippen molar-refractivity contribution >= 4 is 35.6 Å². The van der Waals surface area contributed by atoms with E-state index in [-0.39, 0.29) is 29.9 Å². The van der Waals surface area contributed by atoms with E-state index in [4.69, 9.17) is 0 Å². The molecular weight excluding hydrogens is 375 g/mol. The van der Waals surface area contributed by atoms with E-state index in [0.29, 0.717) is 12.5 Å². The summed E-state index contributed by atoms with van der Waals surface area (Å²) in [6, 6.07) is 11.9. The second-order valence-corrected chi connectivity index (χ2v) is 5.34. The first-order valence-corrected chi connectivity index (χ1v) is 6.91. The number of halogens is 1. The van der Waals surface area contributed by atoms with Crippen molar-refractivity contribution in [2.75, 3.05) is 5.32 Å². The summed E-state index contributed by atoms with van der Waals surface area (Å²) >= 11 is 0. The Labute approximate surface area is 143 Å². The lowest BCUT2D eigenvalue weighted by Crippen LogP contribution is -2.39. The number of pyridine rings is 1. The quantitative estimate of drug-likeness (QED) is 0.620. The summed E-state index contributed by atoms with van der Waals surface area (Å²) in [4.78, 5) is 12.1. The standard InChI is InChI=1S/C17H20N2O.HI/c1-13(2)15-6-4-5-7-16(15)18-17(20)12-19-10-8-14(3)9-11-19;/h4-11,13H,12H2,1-3H3;1H/p+1. The number of carbonyl (C=O) groups is 1. The Kier molecular flexibility index (Phi) is 6.81. The highest BCUT2D eigenvalue weighted by Gasteiger charge is 2.12. The lowest BCUT2D eigenvalue weighted by molar-refractivity contribution is -0.684. The van der Waals surface area contributed by atoms with Crippen molar-refractivity contribution in [3.8, 4) is 0 Å². The van der Waals surface area contributed by atoms with E-state index >= 15 is 0 Å². The number of amides is 1. The van der Waals surface area contributed by atoms with E-state index in [1.807, 2.05) is 54.2 Å². The fourth-order valence-corrected chi connectivity index (χ4v) is 2.11. The Balaban J connectivity index is 0.00000220. The summed E-state index contributed by atoms with van der Waals surface area (Å²) < 4.78 is 1.88. The molecule has 0 fully saturated rings. The number of carbonyl (C=O) groups excluding carboxylic acids is 1. The van der Waals surface area contributed by atoms with Gasteiger partial charge in [0.25, 0.3) is 5.91 Å². The zero-order valence-corrected chi connectivity index (χ0v) is 15.0. The Bertz CT molecular complexity index is 594.